The van der Waals surface area contributed by atoms with Crippen molar-refractivity contribution >= 4 is 17.9 Å². The van der Waals surface area contributed by atoms with Crippen LogP contribution in [0.25, 0.3) is 0 Å². The number of carbonyl (C=O) groups excluding carboxylic acids is 2. The first kappa shape index (κ1) is 112. The predicted octanol–water partition coefficient (Wildman–Crippen LogP) is 30.5. The molecule has 6 bridgehead atoms. The minimum absolute atomic E-state index is 0.00116. The molecule has 2 aromatic rings. The second kappa shape index (κ2) is 39.8. The molecular weight excluding hydrogens is 1760 g/mol. The fourth-order valence-corrected chi connectivity index (χ4v) is 38.4. The van der Waals surface area contributed by atoms with Crippen LogP contribution in [-0.2, 0) is 65.5 Å². The van der Waals surface area contributed by atoms with Crippen LogP contribution in [0.3, 0.4) is 0 Å². The summed E-state index contributed by atoms with van der Waals surface area (Å²) in [5, 5.41) is 14.5. The Balaban J connectivity index is 0.000000161. The van der Waals surface area contributed by atoms with Crippen LogP contribution in [0.15, 0.2) is 95.6 Å². The van der Waals surface area contributed by atoms with E-state index in [1.54, 1.807) is 16.7 Å². The summed E-state index contributed by atoms with van der Waals surface area (Å²) < 4.78 is 53.8. The van der Waals surface area contributed by atoms with E-state index >= 15 is 0 Å². The van der Waals surface area contributed by atoms with E-state index in [9.17, 15) is 19.5 Å². The molecule has 3 aliphatic heterocycles. The highest BCUT2D eigenvalue weighted by Gasteiger charge is 2.77. The summed E-state index contributed by atoms with van der Waals surface area (Å²) in [6.45, 7) is 91.5. The lowest BCUT2D eigenvalue weighted by Crippen LogP contribution is -2.69. The molecule has 12 fully saturated rings. The molecule has 3 saturated heterocycles. The number of likely N-dealkylation sites (N-methyl/N-ethyl adjacent to an activating group) is 1. The maximum atomic E-state index is 14.7. The van der Waals surface area contributed by atoms with E-state index in [4.69, 9.17) is 37.9 Å². The summed E-state index contributed by atoms with van der Waals surface area (Å²) in [7, 11) is 2.05. The molecule has 15 aliphatic rings. The Bertz CT molecular complexity index is 4850. The minimum Gasteiger partial charge on any atom is -0.481 e. The van der Waals surface area contributed by atoms with E-state index in [1.165, 1.54) is 32.1 Å². The third-order valence-electron chi connectivity index (χ3n) is 48.6. The van der Waals surface area contributed by atoms with Crippen molar-refractivity contribution in [2.24, 2.45) is 216 Å². The third-order valence-corrected chi connectivity index (χ3v) is 48.6. The van der Waals surface area contributed by atoms with Gasteiger partial charge in [0.25, 0.3) is 0 Å². The molecule has 0 radical (unpaired) electrons. The Morgan fingerprint density at radius 2 is 0.711 bits per heavy atom. The van der Waals surface area contributed by atoms with Gasteiger partial charge in [-0.15, -0.1) is 0 Å². The summed E-state index contributed by atoms with van der Waals surface area (Å²) in [4.78, 5) is 42.7. The third kappa shape index (κ3) is 17.9. The molecule has 13 nitrogen and oxygen atoms in total. The number of rotatable bonds is 24. The van der Waals surface area contributed by atoms with Crippen molar-refractivity contribution in [3.05, 3.63) is 107 Å². The molecule has 13 heteroatoms. The Morgan fingerprint density at radius 3 is 1.00 bits per heavy atom. The number of esters is 2. The van der Waals surface area contributed by atoms with Crippen LogP contribution in [0.2, 0.25) is 0 Å². The van der Waals surface area contributed by atoms with Gasteiger partial charge in [-0.3, -0.25) is 14.4 Å². The van der Waals surface area contributed by atoms with Crippen LogP contribution in [-0.4, -0.2) is 114 Å². The number of hydrogen-bond acceptors (Lipinski definition) is 12. The Kier molecular flexibility index (Phi) is 31.4. The monoisotopic (exact) mass is 1960 g/mol. The topological polar surface area (TPSA) is 157 Å². The van der Waals surface area contributed by atoms with E-state index in [0.29, 0.717) is 120 Å². The number of fused-ring (bicyclic) bond motifs is 9. The van der Waals surface area contributed by atoms with Crippen molar-refractivity contribution in [1.82, 2.24) is 5.32 Å². The van der Waals surface area contributed by atoms with Gasteiger partial charge in [-0.25, -0.2) is 0 Å². The zero-order chi connectivity index (χ0) is 104. The first-order valence-corrected chi connectivity index (χ1v) is 58.1. The summed E-state index contributed by atoms with van der Waals surface area (Å²) in [6.07, 6.45) is 29.5. The van der Waals surface area contributed by atoms with E-state index in [2.05, 4.69) is 297 Å². The number of benzene rings is 2. The lowest BCUT2D eigenvalue weighted by molar-refractivity contribution is -0.253. The maximum Gasteiger partial charge on any atom is 0.310 e. The predicted molar refractivity (Wildman–Crippen MR) is 579 cm³/mol. The Labute approximate surface area is 866 Å². The quantitative estimate of drug-likeness (QED) is 0.0757. The van der Waals surface area contributed by atoms with E-state index in [0.717, 1.165) is 160 Å². The van der Waals surface area contributed by atoms with Crippen LogP contribution in [0, 0.1) is 216 Å². The highest BCUT2D eigenvalue weighted by molar-refractivity contribution is 5.77. The SMILES string of the molecule is CC(C)[C@@H](C)[C@@]1(C)CC[C@]2(C)[C@H]3CC[C@@H]4[C@@]5(COC[C@]4(C)[C@@H](OC[C@H](C)C(C)(C)C)[C@H](C)C5)C3=CC[C@@]2(C)[C@@H]1C(=O)OCc1ccccc1.CC[C@@H](CO[C@H]1[C@H](C)C[C@@]23COC[C@@]1(C)[C@@H]2CC[C@H]1C3=CC[C@@]2(C)[C@H](C(=O)OCc3ccccc3)[C@@](C)([C@H](C)C(C)C)CC[C@]12C)C(C)(C)C.CN[C@@H](CO[C@H]1[C@H](C)C[C@@]23COC[C@@]1(C)[C@@H]2CC[C@H]1C3=CC[C@@]2(C)[C@H](C(=O)O)[C@@](C)([C@H](C)C(C)C)CC[C@]12C)C(C)(C)C. The number of allylic oxidation sites excluding steroid dienone is 3. The average molecular weight is 1960 g/mol. The second-order valence-corrected chi connectivity index (χ2v) is 59.3. The minimum atomic E-state index is -0.581. The first-order chi connectivity index (χ1) is 66.1. The van der Waals surface area contributed by atoms with Gasteiger partial charge in [0.1, 0.15) is 13.2 Å². The van der Waals surface area contributed by atoms with Crippen molar-refractivity contribution in [2.45, 2.75) is 402 Å². The van der Waals surface area contributed by atoms with Crippen LogP contribution < -0.4 is 5.32 Å². The zero-order valence-electron chi connectivity index (χ0n) is 97.0. The van der Waals surface area contributed by atoms with Crippen LogP contribution in [0.4, 0.5) is 0 Å². The molecule has 2 aromatic carbocycles. The van der Waals surface area contributed by atoms with Gasteiger partial charge in [0.2, 0.25) is 0 Å². The highest BCUT2D eigenvalue weighted by Crippen LogP contribution is 2.81. The van der Waals surface area contributed by atoms with Gasteiger partial charge < -0.3 is 48.3 Å². The molecule has 17 rings (SSSR count). The normalized spacial score (nSPS) is 44.2. The number of hydrogen-bond donors (Lipinski definition) is 2. The van der Waals surface area contributed by atoms with Gasteiger partial charge in [-0.1, -0.05) is 344 Å². The molecule has 9 saturated carbocycles. The van der Waals surface area contributed by atoms with Gasteiger partial charge in [-0.05, 0) is 299 Å². The molecule has 12 aliphatic carbocycles. The lowest BCUT2D eigenvalue weighted by atomic mass is 9.34. The fourth-order valence-electron chi connectivity index (χ4n) is 38.4. The van der Waals surface area contributed by atoms with Gasteiger partial charge in [-0.2, -0.15) is 0 Å². The molecule has 0 spiro atoms. The number of nitrogens with one attached hydrogen (secondary N) is 1. The fraction of sp³-hybridized carbons (Fsp3) is 0.837. The number of carboxylic acid groups (broad SMARTS) is 1. The smallest absolute Gasteiger partial charge is 0.310 e. The molecule has 0 unspecified atom stereocenters. The molecule has 800 valence electrons. The van der Waals surface area contributed by atoms with Gasteiger partial charge >= 0.3 is 17.9 Å². The molecule has 3 heterocycles. The number of carboxylic acids is 1. The van der Waals surface area contributed by atoms with Crippen LogP contribution >= 0.6 is 0 Å². The lowest BCUT2D eigenvalue weighted by Gasteiger charge is -2.71. The summed E-state index contributed by atoms with van der Waals surface area (Å²) in [5.74, 6) is 6.87. The second-order valence-electron chi connectivity index (χ2n) is 59.3. The van der Waals surface area contributed by atoms with Gasteiger partial charge in [0, 0.05) is 38.5 Å². The summed E-state index contributed by atoms with van der Waals surface area (Å²) in [6, 6.07) is 20.7. The highest BCUT2D eigenvalue weighted by atomic mass is 16.5. The molecule has 0 aromatic heterocycles. The van der Waals surface area contributed by atoms with Crippen molar-refractivity contribution in [3.8, 4) is 0 Å². The van der Waals surface area contributed by atoms with Crippen molar-refractivity contribution in [1.29, 1.82) is 0 Å². The van der Waals surface area contributed by atoms with Crippen molar-refractivity contribution < 1.29 is 57.4 Å². The largest absolute Gasteiger partial charge is 0.481 e. The summed E-state index contributed by atoms with van der Waals surface area (Å²) >= 11 is 0. The Hall–Kier alpha value is -4.21. The first-order valence-electron chi connectivity index (χ1n) is 58.1. The van der Waals surface area contributed by atoms with Gasteiger partial charge in [0.05, 0.1) is 95.5 Å². The number of ether oxygens (including phenoxy) is 8. The van der Waals surface area contributed by atoms with Crippen molar-refractivity contribution in [3.63, 3.8) is 0 Å². The molecule has 36 atom stereocenters. The van der Waals surface area contributed by atoms with E-state index in [1.807, 2.05) is 36.4 Å². The van der Waals surface area contributed by atoms with E-state index < -0.39 is 5.97 Å². The molecule has 142 heavy (non-hydrogen) atoms. The van der Waals surface area contributed by atoms with Crippen LogP contribution in [0.5, 0.6) is 0 Å². The van der Waals surface area contributed by atoms with Crippen LogP contribution in [0.1, 0.15) is 375 Å². The van der Waals surface area contributed by atoms with E-state index in [-0.39, 0.29) is 145 Å². The Morgan fingerprint density at radius 1 is 0.401 bits per heavy atom. The molecule has 2 N–H and O–H groups in total. The maximum absolute atomic E-state index is 14.7. The van der Waals surface area contributed by atoms with Crippen molar-refractivity contribution in [2.75, 3.05) is 66.5 Å². The number of aliphatic carboxylic acids is 1. The molecular formula is C129H207NO12. The molecule has 0 amide bonds. The van der Waals surface area contributed by atoms with Gasteiger partial charge in [0.15, 0.2) is 0 Å². The zero-order valence-corrected chi connectivity index (χ0v) is 97.0. The summed E-state index contributed by atoms with van der Waals surface area (Å²) in [5.41, 5.74) is 6.71. The number of carbonyl (C=O) groups is 3. The average Bonchev–Trinajstić information content (AvgIpc) is 0.675. The standard InChI is InChI=1S/C46H72O4.C45H70O4.C38H65NO4/c1-13-34(41(6,7)8)27-49-39-31(4)25-46-29-48-28-43(39,10)37(46)20-19-35-36(46)21-22-45(12)38(40(47)50-26-33-17-15-14-16-18-33)42(9,32(5)30(2)3)23-24-44(35,45)11;1-29(2)32(5)41(9)22-23-43(11)34-18-19-36-42(10)27-47-28-45(36,24-30(3)38(42)48-25-31(4)40(6,7)8)35(34)20-21-44(43,12)37(41)39(46)49-26-33-16-14-13-15-17-33;1-23(2)25(4)34(8)17-18-36(10)26-13-14-28-35(9)21-42-22-38(28,27(26)15-16-37(36,11)30(34)32(40)41)19-24(3)31(35)43-20-29(39-12)33(5,6)7/h14-18,21,30-32,34-35,37-39H,13,19-20,22-29H2,1-12H3;13-17,20,29-32,34,36-38H,18-19,21-28H2,1-12H3;15,23-26,28-31,39H,13-14,16-22H2,1-12H3,(H,40,41)/t31-,32-,34+,35+,37+,38-,39+,42-,43+,44-,45+,46+;30-,31+,32-,34+,36+,37-,38+,41-,42+,43-,44+,45+;24-,25-,26+,28+,29+,30-,31+,34-,35+,36-,37+,38+/m111/s1.